The van der Waals surface area contributed by atoms with Crippen molar-refractivity contribution in [2.75, 3.05) is 19.6 Å². The predicted octanol–water partition coefficient (Wildman–Crippen LogP) is 3.03. The van der Waals surface area contributed by atoms with Crippen molar-refractivity contribution >= 4 is 23.6 Å². The van der Waals surface area contributed by atoms with Gasteiger partial charge in [-0.2, -0.15) is 0 Å². The van der Waals surface area contributed by atoms with Crippen LogP contribution in [-0.2, 0) is 4.74 Å². The van der Waals surface area contributed by atoms with Gasteiger partial charge in [-0.05, 0) is 45.9 Å². The summed E-state index contributed by atoms with van der Waals surface area (Å²) in [4.78, 5) is 25.5. The fraction of sp³-hybridized carbons (Fsp3) is 0.500. The second-order valence-corrected chi connectivity index (χ2v) is 6.41. The molecular formula is C16H23ClN2O4. The van der Waals surface area contributed by atoms with Gasteiger partial charge in [0.25, 0.3) is 5.91 Å². The summed E-state index contributed by atoms with van der Waals surface area (Å²) in [6.45, 7) is 8.21. The van der Waals surface area contributed by atoms with E-state index in [2.05, 4.69) is 5.32 Å². The Morgan fingerprint density at radius 1 is 1.35 bits per heavy atom. The van der Waals surface area contributed by atoms with E-state index in [4.69, 9.17) is 16.3 Å². The number of rotatable bonds is 5. The first kappa shape index (κ1) is 19.1. The Balaban J connectivity index is 2.55. The lowest BCUT2D eigenvalue weighted by Crippen LogP contribution is -2.41. The van der Waals surface area contributed by atoms with Crippen LogP contribution in [0.15, 0.2) is 18.2 Å². The minimum atomic E-state index is -0.569. The van der Waals surface area contributed by atoms with E-state index in [0.29, 0.717) is 18.1 Å². The molecule has 0 atom stereocenters. The third-order valence-corrected chi connectivity index (χ3v) is 3.14. The highest BCUT2D eigenvalue weighted by Crippen LogP contribution is 2.21. The van der Waals surface area contributed by atoms with E-state index in [0.717, 1.165) is 0 Å². The number of ether oxygens (including phenoxy) is 1. The highest BCUT2D eigenvalue weighted by Gasteiger charge is 2.21. The van der Waals surface area contributed by atoms with Crippen molar-refractivity contribution in [3.63, 3.8) is 0 Å². The summed E-state index contributed by atoms with van der Waals surface area (Å²) in [5.41, 5.74) is -0.474. The van der Waals surface area contributed by atoms with Gasteiger partial charge in [0.15, 0.2) is 0 Å². The number of carbonyl (C=O) groups is 2. The predicted molar refractivity (Wildman–Crippen MR) is 88.9 cm³/mol. The molecule has 128 valence electrons. The molecule has 0 aliphatic carbocycles. The SMILES string of the molecule is CCN(CCNC(=O)c1cc(Cl)ccc1O)C(=O)OC(C)(C)C. The molecule has 2 N–H and O–H groups in total. The number of nitrogens with one attached hydrogen (secondary N) is 1. The van der Waals surface area contributed by atoms with Crippen LogP contribution in [-0.4, -0.2) is 47.2 Å². The van der Waals surface area contributed by atoms with Crippen LogP contribution in [0.25, 0.3) is 0 Å². The lowest BCUT2D eigenvalue weighted by atomic mass is 10.2. The number of amides is 2. The smallest absolute Gasteiger partial charge is 0.410 e. The topological polar surface area (TPSA) is 78.9 Å². The zero-order valence-electron chi connectivity index (χ0n) is 13.9. The number of carbonyl (C=O) groups excluding carboxylic acids is 2. The van der Waals surface area contributed by atoms with Crippen LogP contribution in [0, 0.1) is 0 Å². The number of nitrogens with zero attached hydrogens (tertiary/aromatic N) is 1. The maximum absolute atomic E-state index is 12.0. The van der Waals surface area contributed by atoms with Gasteiger partial charge in [0.2, 0.25) is 0 Å². The molecule has 0 aliphatic rings. The highest BCUT2D eigenvalue weighted by molar-refractivity contribution is 6.31. The van der Waals surface area contributed by atoms with Crippen LogP contribution in [0.5, 0.6) is 5.75 Å². The normalized spacial score (nSPS) is 11.0. The van der Waals surface area contributed by atoms with Crippen molar-refractivity contribution in [1.29, 1.82) is 0 Å². The molecule has 0 unspecified atom stereocenters. The van der Waals surface area contributed by atoms with Gasteiger partial charge in [-0.15, -0.1) is 0 Å². The Morgan fingerprint density at radius 2 is 2.00 bits per heavy atom. The molecule has 1 aromatic rings. The summed E-state index contributed by atoms with van der Waals surface area (Å²) in [7, 11) is 0. The van der Waals surface area contributed by atoms with Crippen LogP contribution in [0.4, 0.5) is 4.79 Å². The van der Waals surface area contributed by atoms with Gasteiger partial charge < -0.3 is 20.1 Å². The Bertz CT molecular complexity index is 570. The molecular weight excluding hydrogens is 320 g/mol. The fourth-order valence-electron chi connectivity index (χ4n) is 1.79. The Kier molecular flexibility index (Phi) is 6.69. The fourth-order valence-corrected chi connectivity index (χ4v) is 1.97. The summed E-state index contributed by atoms with van der Waals surface area (Å²) in [5, 5.41) is 12.7. The lowest BCUT2D eigenvalue weighted by Gasteiger charge is -2.26. The number of phenolic OH excluding ortho intramolecular Hbond substituents is 1. The quantitative estimate of drug-likeness (QED) is 0.862. The van der Waals surface area contributed by atoms with Crippen LogP contribution in [0.3, 0.4) is 0 Å². The molecule has 0 spiro atoms. The monoisotopic (exact) mass is 342 g/mol. The molecule has 0 saturated carbocycles. The molecule has 2 amide bonds. The zero-order chi connectivity index (χ0) is 17.6. The number of hydrogen-bond donors (Lipinski definition) is 2. The van der Waals surface area contributed by atoms with Crippen LogP contribution < -0.4 is 5.32 Å². The van der Waals surface area contributed by atoms with E-state index in [9.17, 15) is 14.7 Å². The minimum Gasteiger partial charge on any atom is -0.507 e. The third-order valence-electron chi connectivity index (χ3n) is 2.90. The third kappa shape index (κ3) is 6.36. The molecule has 0 heterocycles. The summed E-state index contributed by atoms with van der Waals surface area (Å²) >= 11 is 5.81. The summed E-state index contributed by atoms with van der Waals surface area (Å²) in [6.07, 6.45) is -0.431. The van der Waals surface area contributed by atoms with Crippen molar-refractivity contribution in [3.05, 3.63) is 28.8 Å². The molecule has 7 heteroatoms. The average Bonchev–Trinajstić information content (AvgIpc) is 2.44. The molecule has 1 rings (SSSR count). The van der Waals surface area contributed by atoms with Crippen LogP contribution in [0.1, 0.15) is 38.1 Å². The number of phenols is 1. The Labute approximate surface area is 141 Å². The van der Waals surface area contributed by atoms with Crippen molar-refractivity contribution in [1.82, 2.24) is 10.2 Å². The summed E-state index contributed by atoms with van der Waals surface area (Å²) in [6, 6.07) is 4.24. The van der Waals surface area contributed by atoms with Gasteiger partial charge >= 0.3 is 6.09 Å². The number of halogens is 1. The first-order valence-corrected chi connectivity index (χ1v) is 7.76. The van der Waals surface area contributed by atoms with Gasteiger partial charge in [-0.1, -0.05) is 11.6 Å². The number of hydrogen-bond acceptors (Lipinski definition) is 4. The van der Waals surface area contributed by atoms with Crippen molar-refractivity contribution in [2.45, 2.75) is 33.3 Å². The van der Waals surface area contributed by atoms with Gasteiger partial charge in [-0.25, -0.2) is 4.79 Å². The molecule has 23 heavy (non-hydrogen) atoms. The molecule has 0 aromatic heterocycles. The van der Waals surface area contributed by atoms with Gasteiger partial charge in [0, 0.05) is 24.7 Å². The second-order valence-electron chi connectivity index (χ2n) is 5.98. The maximum Gasteiger partial charge on any atom is 0.410 e. The number of likely N-dealkylation sites (N-methyl/N-ethyl adjacent to an activating group) is 1. The molecule has 0 fully saturated rings. The van der Waals surface area contributed by atoms with Crippen molar-refractivity contribution in [3.8, 4) is 5.75 Å². The van der Waals surface area contributed by atoms with E-state index < -0.39 is 17.6 Å². The van der Waals surface area contributed by atoms with E-state index >= 15 is 0 Å². The van der Waals surface area contributed by atoms with Crippen LogP contribution >= 0.6 is 11.6 Å². The van der Waals surface area contributed by atoms with Gasteiger partial charge in [0.05, 0.1) is 5.56 Å². The highest BCUT2D eigenvalue weighted by atomic mass is 35.5. The molecule has 1 aromatic carbocycles. The number of benzene rings is 1. The van der Waals surface area contributed by atoms with E-state index in [1.807, 2.05) is 6.92 Å². The summed E-state index contributed by atoms with van der Waals surface area (Å²) < 4.78 is 5.28. The Morgan fingerprint density at radius 3 is 2.57 bits per heavy atom. The standard InChI is InChI=1S/C16H23ClN2O4/c1-5-19(15(22)23-16(2,3)4)9-8-18-14(21)12-10-11(17)6-7-13(12)20/h6-7,10,20H,5,8-9H2,1-4H3,(H,18,21). The average molecular weight is 343 g/mol. The van der Waals surface area contributed by atoms with Crippen molar-refractivity contribution in [2.24, 2.45) is 0 Å². The largest absolute Gasteiger partial charge is 0.507 e. The molecule has 0 bridgehead atoms. The summed E-state index contributed by atoms with van der Waals surface area (Å²) in [5.74, 6) is -0.600. The van der Waals surface area contributed by atoms with E-state index in [-0.39, 0.29) is 17.9 Å². The number of aromatic hydroxyl groups is 1. The zero-order valence-corrected chi connectivity index (χ0v) is 14.6. The lowest BCUT2D eigenvalue weighted by molar-refractivity contribution is 0.0260. The van der Waals surface area contributed by atoms with E-state index in [1.165, 1.54) is 23.1 Å². The molecule has 0 saturated heterocycles. The van der Waals surface area contributed by atoms with E-state index in [1.54, 1.807) is 20.8 Å². The second kappa shape index (κ2) is 8.06. The first-order chi connectivity index (χ1) is 10.6. The Hall–Kier alpha value is -1.95. The minimum absolute atomic E-state index is 0.0952. The molecule has 0 aliphatic heterocycles. The van der Waals surface area contributed by atoms with Crippen molar-refractivity contribution < 1.29 is 19.4 Å². The maximum atomic E-state index is 12.0. The van der Waals surface area contributed by atoms with Gasteiger partial charge in [-0.3, -0.25) is 4.79 Å². The van der Waals surface area contributed by atoms with Crippen LogP contribution in [0.2, 0.25) is 5.02 Å². The first-order valence-electron chi connectivity index (χ1n) is 7.38. The molecule has 0 radical (unpaired) electrons. The van der Waals surface area contributed by atoms with Gasteiger partial charge in [0.1, 0.15) is 11.4 Å². The molecule has 6 nitrogen and oxygen atoms in total.